The van der Waals surface area contributed by atoms with E-state index in [4.69, 9.17) is 15.2 Å². The summed E-state index contributed by atoms with van der Waals surface area (Å²) in [5.41, 5.74) is 7.15. The van der Waals surface area contributed by atoms with Gasteiger partial charge in [0.15, 0.2) is 0 Å². The summed E-state index contributed by atoms with van der Waals surface area (Å²) in [5, 5.41) is 2.77. The number of rotatable bonds is 4. The van der Waals surface area contributed by atoms with Crippen LogP contribution < -0.4 is 20.5 Å². The Kier molecular flexibility index (Phi) is 4.10. The molecular formula is C15H16N2O3. The van der Waals surface area contributed by atoms with Crippen LogP contribution in [0.2, 0.25) is 0 Å². The van der Waals surface area contributed by atoms with Gasteiger partial charge in [-0.15, -0.1) is 0 Å². The number of nitrogen functional groups attached to an aromatic ring is 1. The molecule has 0 aliphatic carbocycles. The number of hydrogen-bond acceptors (Lipinski definition) is 4. The van der Waals surface area contributed by atoms with Crippen LogP contribution in [0.1, 0.15) is 10.4 Å². The molecule has 0 aliphatic rings. The van der Waals surface area contributed by atoms with E-state index in [0.717, 1.165) is 0 Å². The van der Waals surface area contributed by atoms with Crippen molar-refractivity contribution in [2.75, 3.05) is 25.3 Å². The lowest BCUT2D eigenvalue weighted by molar-refractivity contribution is 0.102. The predicted octanol–water partition coefficient (Wildman–Crippen LogP) is 2.54. The quantitative estimate of drug-likeness (QED) is 0.839. The smallest absolute Gasteiger partial charge is 0.261 e. The minimum absolute atomic E-state index is 0.317. The zero-order valence-corrected chi connectivity index (χ0v) is 11.3. The lowest BCUT2D eigenvalue weighted by atomic mass is 10.1. The Labute approximate surface area is 117 Å². The van der Waals surface area contributed by atoms with Crippen LogP contribution in [0.25, 0.3) is 0 Å². The number of benzene rings is 2. The van der Waals surface area contributed by atoms with Gasteiger partial charge in [0.2, 0.25) is 0 Å². The Morgan fingerprint density at radius 2 is 1.85 bits per heavy atom. The van der Waals surface area contributed by atoms with E-state index in [1.165, 1.54) is 7.11 Å². The molecule has 5 heteroatoms. The molecule has 0 aliphatic heterocycles. The highest BCUT2D eigenvalue weighted by Gasteiger charge is 2.15. The van der Waals surface area contributed by atoms with Gasteiger partial charge in [-0.05, 0) is 24.3 Å². The van der Waals surface area contributed by atoms with Crippen molar-refractivity contribution >= 4 is 17.3 Å². The van der Waals surface area contributed by atoms with E-state index in [0.29, 0.717) is 28.4 Å². The molecule has 2 aromatic carbocycles. The number of methoxy groups -OCH3 is 2. The number of nitrogens with two attached hydrogens (primary N) is 1. The number of anilines is 2. The molecule has 104 valence electrons. The molecule has 0 fully saturated rings. The van der Waals surface area contributed by atoms with Crippen molar-refractivity contribution in [2.24, 2.45) is 0 Å². The van der Waals surface area contributed by atoms with Crippen LogP contribution in [-0.2, 0) is 0 Å². The molecule has 0 aromatic heterocycles. The molecule has 0 saturated heterocycles. The summed E-state index contributed by atoms with van der Waals surface area (Å²) in [5.74, 6) is 0.773. The van der Waals surface area contributed by atoms with E-state index in [2.05, 4.69) is 5.32 Å². The van der Waals surface area contributed by atoms with E-state index in [9.17, 15) is 4.79 Å². The maximum absolute atomic E-state index is 12.3. The molecule has 0 heterocycles. The molecule has 20 heavy (non-hydrogen) atoms. The van der Waals surface area contributed by atoms with Gasteiger partial charge in [0.1, 0.15) is 17.1 Å². The third-order valence-electron chi connectivity index (χ3n) is 2.83. The van der Waals surface area contributed by atoms with Gasteiger partial charge < -0.3 is 20.5 Å². The molecule has 0 bridgehead atoms. The maximum atomic E-state index is 12.3. The highest BCUT2D eigenvalue weighted by Crippen LogP contribution is 2.26. The van der Waals surface area contributed by atoms with Gasteiger partial charge in [0.05, 0.1) is 14.2 Å². The minimum atomic E-state index is -0.326. The van der Waals surface area contributed by atoms with Gasteiger partial charge in [-0.25, -0.2) is 0 Å². The Bertz CT molecular complexity index is 626. The average Bonchev–Trinajstić information content (AvgIpc) is 2.46. The molecule has 3 N–H and O–H groups in total. The zero-order chi connectivity index (χ0) is 14.5. The summed E-state index contributed by atoms with van der Waals surface area (Å²) in [6.45, 7) is 0. The third kappa shape index (κ3) is 2.83. The average molecular weight is 272 g/mol. The fraction of sp³-hybridized carbons (Fsp3) is 0.133. The van der Waals surface area contributed by atoms with Crippen molar-refractivity contribution in [1.29, 1.82) is 0 Å². The summed E-state index contributed by atoms with van der Waals surface area (Å²) in [6.07, 6.45) is 0. The number of nitrogens with one attached hydrogen (secondary N) is 1. The first kappa shape index (κ1) is 13.7. The topological polar surface area (TPSA) is 73.6 Å². The van der Waals surface area contributed by atoms with E-state index >= 15 is 0 Å². The van der Waals surface area contributed by atoms with Crippen molar-refractivity contribution in [3.63, 3.8) is 0 Å². The van der Waals surface area contributed by atoms with Gasteiger partial charge >= 0.3 is 0 Å². The van der Waals surface area contributed by atoms with Crippen molar-refractivity contribution in [1.82, 2.24) is 0 Å². The van der Waals surface area contributed by atoms with Crippen LogP contribution in [0.5, 0.6) is 11.5 Å². The SMILES string of the molecule is COc1cccc(NC(=O)c2c(N)cccc2OC)c1. The van der Waals surface area contributed by atoms with Crippen LogP contribution in [0, 0.1) is 0 Å². The number of carbonyl (C=O) groups is 1. The highest BCUT2D eigenvalue weighted by molar-refractivity contribution is 6.09. The summed E-state index contributed by atoms with van der Waals surface area (Å²) in [6, 6.07) is 12.2. The lowest BCUT2D eigenvalue weighted by Gasteiger charge is -2.12. The summed E-state index contributed by atoms with van der Waals surface area (Å²) in [7, 11) is 3.07. The zero-order valence-electron chi connectivity index (χ0n) is 11.3. The molecule has 2 rings (SSSR count). The first-order chi connectivity index (χ1) is 9.65. The van der Waals surface area contributed by atoms with Crippen LogP contribution in [0.3, 0.4) is 0 Å². The molecule has 0 atom stereocenters. The Balaban J connectivity index is 2.28. The summed E-state index contributed by atoms with van der Waals surface area (Å²) in [4.78, 5) is 12.3. The van der Waals surface area contributed by atoms with E-state index in [1.54, 1.807) is 49.6 Å². The predicted molar refractivity (Wildman–Crippen MR) is 78.4 cm³/mol. The largest absolute Gasteiger partial charge is 0.497 e. The second-order valence-corrected chi connectivity index (χ2v) is 4.11. The van der Waals surface area contributed by atoms with Crippen molar-refractivity contribution in [3.8, 4) is 11.5 Å². The Hall–Kier alpha value is -2.69. The Morgan fingerprint density at radius 3 is 2.55 bits per heavy atom. The van der Waals surface area contributed by atoms with E-state index < -0.39 is 0 Å². The monoisotopic (exact) mass is 272 g/mol. The molecule has 0 radical (unpaired) electrons. The number of hydrogen-bond donors (Lipinski definition) is 2. The first-order valence-electron chi connectivity index (χ1n) is 6.03. The van der Waals surface area contributed by atoms with Crippen LogP contribution in [-0.4, -0.2) is 20.1 Å². The molecule has 0 spiro atoms. The number of carbonyl (C=O) groups excluding carboxylic acids is 1. The molecule has 5 nitrogen and oxygen atoms in total. The van der Waals surface area contributed by atoms with Crippen molar-refractivity contribution < 1.29 is 14.3 Å². The summed E-state index contributed by atoms with van der Waals surface area (Å²) < 4.78 is 10.3. The highest BCUT2D eigenvalue weighted by atomic mass is 16.5. The second-order valence-electron chi connectivity index (χ2n) is 4.11. The van der Waals surface area contributed by atoms with Crippen molar-refractivity contribution in [2.45, 2.75) is 0 Å². The minimum Gasteiger partial charge on any atom is -0.497 e. The maximum Gasteiger partial charge on any atom is 0.261 e. The van der Waals surface area contributed by atoms with Gasteiger partial charge in [-0.3, -0.25) is 4.79 Å². The Morgan fingerprint density at radius 1 is 1.10 bits per heavy atom. The van der Waals surface area contributed by atoms with Gasteiger partial charge in [0, 0.05) is 17.4 Å². The number of amides is 1. The normalized spacial score (nSPS) is 9.90. The van der Waals surface area contributed by atoms with Gasteiger partial charge in [0.25, 0.3) is 5.91 Å². The van der Waals surface area contributed by atoms with E-state index in [-0.39, 0.29) is 5.91 Å². The second kappa shape index (κ2) is 5.97. The van der Waals surface area contributed by atoms with Crippen LogP contribution in [0.4, 0.5) is 11.4 Å². The molecule has 2 aromatic rings. The van der Waals surface area contributed by atoms with Gasteiger partial charge in [-0.2, -0.15) is 0 Å². The molecular weight excluding hydrogens is 256 g/mol. The standard InChI is InChI=1S/C15H16N2O3/c1-19-11-6-3-5-10(9-11)17-15(18)14-12(16)7-4-8-13(14)20-2/h3-9H,16H2,1-2H3,(H,17,18). The summed E-state index contributed by atoms with van der Waals surface area (Å²) >= 11 is 0. The first-order valence-corrected chi connectivity index (χ1v) is 6.03. The fourth-order valence-electron chi connectivity index (χ4n) is 1.86. The number of ether oxygens (including phenoxy) is 2. The molecule has 0 saturated carbocycles. The molecule has 1 amide bonds. The third-order valence-corrected chi connectivity index (χ3v) is 2.83. The van der Waals surface area contributed by atoms with Crippen LogP contribution in [0.15, 0.2) is 42.5 Å². The molecule has 0 unspecified atom stereocenters. The van der Waals surface area contributed by atoms with Crippen LogP contribution >= 0.6 is 0 Å². The van der Waals surface area contributed by atoms with E-state index in [1.807, 2.05) is 0 Å². The lowest BCUT2D eigenvalue weighted by Crippen LogP contribution is -2.15. The fourth-order valence-corrected chi connectivity index (χ4v) is 1.86. The van der Waals surface area contributed by atoms with Crippen molar-refractivity contribution in [3.05, 3.63) is 48.0 Å². The van der Waals surface area contributed by atoms with Gasteiger partial charge in [-0.1, -0.05) is 12.1 Å².